The topological polar surface area (TPSA) is 70.6 Å². The van der Waals surface area contributed by atoms with Gasteiger partial charge in [-0.05, 0) is 42.8 Å². The van der Waals surface area contributed by atoms with Crippen molar-refractivity contribution in [3.8, 4) is 0 Å². The normalized spacial score (nSPS) is 15.8. The maximum absolute atomic E-state index is 12.6. The van der Waals surface area contributed by atoms with Gasteiger partial charge in [0, 0.05) is 32.6 Å². The molecule has 0 atom stereocenters. The lowest BCUT2D eigenvalue weighted by Gasteiger charge is -2.33. The maximum Gasteiger partial charge on any atom is 0.252 e. The van der Waals surface area contributed by atoms with Crippen LogP contribution in [0.5, 0.6) is 0 Å². The quantitative estimate of drug-likeness (QED) is 0.517. The van der Waals surface area contributed by atoms with E-state index in [1.165, 1.54) is 20.3 Å². The van der Waals surface area contributed by atoms with Crippen LogP contribution in [0.4, 0.5) is 0 Å². The standard InChI is InChI=1S/C20H23N3O3S3/c24-19(9-4-3-8-18-21-16-6-1-2-7-17(16)28-18)22-11-13-23(14-12-22)29(25,26)20-10-5-15-27-20/h1-2,5-7,10,15H,3-4,8-9,11-14H2. The molecule has 1 saturated heterocycles. The molecule has 0 unspecified atom stereocenters. The lowest BCUT2D eigenvalue weighted by atomic mass is 10.1. The van der Waals surface area contributed by atoms with Crippen molar-refractivity contribution in [1.82, 2.24) is 14.2 Å². The monoisotopic (exact) mass is 449 g/mol. The SMILES string of the molecule is O=C(CCCCc1nc2ccccc2s1)N1CCN(S(=O)(=O)c2cccs2)CC1. The number of amides is 1. The van der Waals surface area contributed by atoms with Crippen molar-refractivity contribution in [3.63, 3.8) is 0 Å². The lowest BCUT2D eigenvalue weighted by molar-refractivity contribution is -0.132. The third-order valence-electron chi connectivity index (χ3n) is 5.05. The molecule has 3 heterocycles. The third-order valence-corrected chi connectivity index (χ3v) is 9.42. The maximum atomic E-state index is 12.6. The number of sulfonamides is 1. The molecular weight excluding hydrogens is 426 g/mol. The van der Waals surface area contributed by atoms with Crippen LogP contribution < -0.4 is 0 Å². The second-order valence-corrected chi connectivity index (χ2v) is 11.2. The van der Waals surface area contributed by atoms with E-state index in [2.05, 4.69) is 11.1 Å². The lowest BCUT2D eigenvalue weighted by Crippen LogP contribution is -2.50. The Bertz CT molecular complexity index is 1040. The zero-order chi connectivity index (χ0) is 20.3. The Hall–Kier alpha value is -1.81. The Morgan fingerprint density at radius 2 is 1.83 bits per heavy atom. The van der Waals surface area contributed by atoms with Gasteiger partial charge in [-0.15, -0.1) is 22.7 Å². The van der Waals surface area contributed by atoms with Crippen LogP contribution in [0.1, 0.15) is 24.3 Å². The van der Waals surface area contributed by atoms with Gasteiger partial charge < -0.3 is 4.90 Å². The van der Waals surface area contributed by atoms with Gasteiger partial charge in [0.1, 0.15) is 4.21 Å². The molecule has 0 N–H and O–H groups in total. The first-order valence-corrected chi connectivity index (χ1v) is 12.8. The Morgan fingerprint density at radius 3 is 2.55 bits per heavy atom. The van der Waals surface area contributed by atoms with Gasteiger partial charge in [-0.25, -0.2) is 13.4 Å². The number of piperazine rings is 1. The second kappa shape index (κ2) is 8.91. The van der Waals surface area contributed by atoms with Gasteiger partial charge in [-0.3, -0.25) is 4.79 Å². The largest absolute Gasteiger partial charge is 0.340 e. The first-order chi connectivity index (χ1) is 14.0. The predicted molar refractivity (Wildman–Crippen MR) is 117 cm³/mol. The molecule has 1 fully saturated rings. The zero-order valence-electron chi connectivity index (χ0n) is 16.0. The predicted octanol–water partition coefficient (Wildman–Crippen LogP) is 3.60. The number of rotatable bonds is 7. The summed E-state index contributed by atoms with van der Waals surface area (Å²) in [5.41, 5.74) is 1.04. The van der Waals surface area contributed by atoms with E-state index >= 15 is 0 Å². The summed E-state index contributed by atoms with van der Waals surface area (Å²) in [4.78, 5) is 18.9. The second-order valence-electron chi connectivity index (χ2n) is 7.00. The minimum absolute atomic E-state index is 0.113. The van der Waals surface area contributed by atoms with Crippen LogP contribution in [0.2, 0.25) is 0 Å². The highest BCUT2D eigenvalue weighted by atomic mass is 32.2. The van der Waals surface area contributed by atoms with Crippen LogP contribution in [-0.2, 0) is 21.2 Å². The molecule has 9 heteroatoms. The van der Waals surface area contributed by atoms with E-state index in [0.717, 1.165) is 29.8 Å². The number of aromatic nitrogens is 1. The number of fused-ring (bicyclic) bond motifs is 1. The molecule has 0 bridgehead atoms. The number of benzene rings is 1. The number of nitrogens with zero attached hydrogens (tertiary/aromatic N) is 3. The number of hydrogen-bond acceptors (Lipinski definition) is 6. The van der Waals surface area contributed by atoms with Gasteiger partial charge in [-0.1, -0.05) is 18.2 Å². The summed E-state index contributed by atoms with van der Waals surface area (Å²) in [6.45, 7) is 1.64. The Kier molecular flexibility index (Phi) is 6.29. The van der Waals surface area contributed by atoms with Crippen molar-refractivity contribution < 1.29 is 13.2 Å². The van der Waals surface area contributed by atoms with Crippen molar-refractivity contribution in [2.45, 2.75) is 29.9 Å². The fourth-order valence-electron chi connectivity index (χ4n) is 3.45. The highest BCUT2D eigenvalue weighted by molar-refractivity contribution is 7.91. The molecule has 1 amide bonds. The van der Waals surface area contributed by atoms with Crippen LogP contribution in [0.3, 0.4) is 0 Å². The first-order valence-electron chi connectivity index (χ1n) is 9.70. The highest BCUT2D eigenvalue weighted by Gasteiger charge is 2.30. The number of unbranched alkanes of at least 4 members (excludes halogenated alkanes) is 1. The molecule has 1 aliphatic rings. The van der Waals surface area contributed by atoms with Crippen LogP contribution in [-0.4, -0.2) is 54.7 Å². The molecule has 4 rings (SSSR count). The van der Waals surface area contributed by atoms with Crippen molar-refractivity contribution in [1.29, 1.82) is 0 Å². The number of carbonyl (C=O) groups is 1. The molecule has 6 nitrogen and oxygen atoms in total. The van der Waals surface area contributed by atoms with Crippen molar-refractivity contribution >= 4 is 48.8 Å². The van der Waals surface area contributed by atoms with Gasteiger partial charge in [-0.2, -0.15) is 4.31 Å². The molecule has 2 aromatic heterocycles. The highest BCUT2D eigenvalue weighted by Crippen LogP contribution is 2.24. The van der Waals surface area contributed by atoms with Crippen LogP contribution in [0.15, 0.2) is 46.0 Å². The fourth-order valence-corrected chi connectivity index (χ4v) is 7.03. The smallest absolute Gasteiger partial charge is 0.252 e. The zero-order valence-corrected chi connectivity index (χ0v) is 18.4. The van der Waals surface area contributed by atoms with Crippen molar-refractivity contribution in [3.05, 3.63) is 46.8 Å². The molecule has 0 radical (unpaired) electrons. The van der Waals surface area contributed by atoms with Gasteiger partial charge in [0.25, 0.3) is 10.0 Å². The number of para-hydroxylation sites is 1. The van der Waals surface area contributed by atoms with Crippen LogP contribution >= 0.6 is 22.7 Å². The molecule has 154 valence electrons. The Balaban J connectivity index is 1.21. The first kappa shape index (κ1) is 20.5. The molecule has 0 aliphatic carbocycles. The number of aryl methyl sites for hydroxylation is 1. The molecule has 3 aromatic rings. The summed E-state index contributed by atoms with van der Waals surface area (Å²) >= 11 is 2.95. The minimum atomic E-state index is -3.42. The van der Waals surface area contributed by atoms with Gasteiger partial charge in [0.2, 0.25) is 5.91 Å². The van der Waals surface area contributed by atoms with Crippen LogP contribution in [0, 0.1) is 0 Å². The van der Waals surface area contributed by atoms with E-state index in [1.807, 2.05) is 18.2 Å². The Labute approximate surface area is 178 Å². The van der Waals surface area contributed by atoms with Gasteiger partial charge >= 0.3 is 0 Å². The molecule has 0 spiro atoms. The third kappa shape index (κ3) is 4.69. The van der Waals surface area contributed by atoms with Gasteiger partial charge in [0.15, 0.2) is 0 Å². The van der Waals surface area contributed by atoms with E-state index in [9.17, 15) is 13.2 Å². The average Bonchev–Trinajstić information content (AvgIpc) is 3.41. The summed E-state index contributed by atoms with van der Waals surface area (Å²) < 4.78 is 28.2. The van der Waals surface area contributed by atoms with E-state index in [-0.39, 0.29) is 5.91 Å². The summed E-state index contributed by atoms with van der Waals surface area (Å²) in [6.07, 6.45) is 3.14. The van der Waals surface area contributed by atoms with Crippen LogP contribution in [0.25, 0.3) is 10.2 Å². The van der Waals surface area contributed by atoms with E-state index in [0.29, 0.717) is 36.8 Å². The molecular formula is C20H23N3O3S3. The number of thiazole rings is 1. The average molecular weight is 450 g/mol. The summed E-state index contributed by atoms with van der Waals surface area (Å²) in [7, 11) is -3.42. The van der Waals surface area contributed by atoms with Gasteiger partial charge in [0.05, 0.1) is 15.2 Å². The molecule has 1 aliphatic heterocycles. The van der Waals surface area contributed by atoms with E-state index in [4.69, 9.17) is 0 Å². The fraction of sp³-hybridized carbons (Fsp3) is 0.400. The number of hydrogen-bond donors (Lipinski definition) is 0. The summed E-state index contributed by atoms with van der Waals surface area (Å²) in [5, 5.41) is 2.88. The number of carbonyl (C=O) groups excluding carboxylic acids is 1. The van der Waals surface area contributed by atoms with Crippen molar-refractivity contribution in [2.75, 3.05) is 26.2 Å². The van der Waals surface area contributed by atoms with E-state index in [1.54, 1.807) is 33.7 Å². The summed E-state index contributed by atoms with van der Waals surface area (Å²) in [6, 6.07) is 11.5. The van der Waals surface area contributed by atoms with Crippen molar-refractivity contribution in [2.24, 2.45) is 0 Å². The molecule has 1 aromatic carbocycles. The minimum Gasteiger partial charge on any atom is -0.340 e. The molecule has 0 saturated carbocycles. The van der Waals surface area contributed by atoms with E-state index < -0.39 is 10.0 Å². The Morgan fingerprint density at radius 1 is 1.03 bits per heavy atom. The summed E-state index contributed by atoms with van der Waals surface area (Å²) in [5.74, 6) is 0.113. The number of thiophene rings is 1. The molecule has 29 heavy (non-hydrogen) atoms.